The van der Waals surface area contributed by atoms with E-state index >= 15 is 0 Å². The molecule has 0 bridgehead atoms. The number of rotatable bonds is 6. The van der Waals surface area contributed by atoms with Crippen LogP contribution < -0.4 is 10.6 Å². The summed E-state index contributed by atoms with van der Waals surface area (Å²) in [5, 5.41) is 11.6. The Hall–Kier alpha value is -1.89. The number of hydrogen-bond donors (Lipinski definition) is 2. The Morgan fingerprint density at radius 1 is 1.39 bits per heavy atom. The monoisotopic (exact) mass is 333 g/mol. The summed E-state index contributed by atoms with van der Waals surface area (Å²) in [7, 11) is 0. The predicted octanol–water partition coefficient (Wildman–Crippen LogP) is 2.53. The fourth-order valence-corrected chi connectivity index (χ4v) is 3.02. The van der Waals surface area contributed by atoms with Gasteiger partial charge in [0.15, 0.2) is 0 Å². The van der Waals surface area contributed by atoms with E-state index < -0.39 is 0 Å². The number of carbonyl (C=O) groups is 1. The first-order valence-corrected chi connectivity index (χ1v) is 8.73. The van der Waals surface area contributed by atoms with Gasteiger partial charge in [-0.15, -0.1) is 11.3 Å². The van der Waals surface area contributed by atoms with Gasteiger partial charge in [0, 0.05) is 28.7 Å². The summed E-state index contributed by atoms with van der Waals surface area (Å²) in [4.78, 5) is 17.4. The molecule has 7 heteroatoms. The zero-order valence-electron chi connectivity index (χ0n) is 13.8. The van der Waals surface area contributed by atoms with Gasteiger partial charge in [-0.2, -0.15) is 5.10 Å². The standard InChI is InChI=1S/C16H23N5OS/c1-16(2,3)15-18-8-13(23-15)7-17-12-6-19-21(9-12)10-14(22)20-11-4-5-11/h6,8-9,11,17H,4-5,7,10H2,1-3H3,(H,20,22). The van der Waals surface area contributed by atoms with E-state index in [1.165, 1.54) is 4.88 Å². The van der Waals surface area contributed by atoms with Gasteiger partial charge in [0.1, 0.15) is 6.54 Å². The van der Waals surface area contributed by atoms with Gasteiger partial charge < -0.3 is 10.6 Å². The number of amides is 1. The van der Waals surface area contributed by atoms with E-state index in [0.717, 1.165) is 23.5 Å². The molecule has 6 nitrogen and oxygen atoms in total. The summed E-state index contributed by atoms with van der Waals surface area (Å²) in [5.41, 5.74) is 0.998. The fourth-order valence-electron chi connectivity index (χ4n) is 2.11. The van der Waals surface area contributed by atoms with Gasteiger partial charge in [0.05, 0.1) is 23.4 Å². The summed E-state index contributed by atoms with van der Waals surface area (Å²) < 4.78 is 1.66. The van der Waals surface area contributed by atoms with E-state index in [2.05, 4.69) is 41.5 Å². The summed E-state index contributed by atoms with van der Waals surface area (Å²) >= 11 is 1.73. The smallest absolute Gasteiger partial charge is 0.241 e. The van der Waals surface area contributed by atoms with Crippen LogP contribution in [0.2, 0.25) is 0 Å². The van der Waals surface area contributed by atoms with Crippen molar-refractivity contribution in [2.24, 2.45) is 0 Å². The van der Waals surface area contributed by atoms with E-state index in [0.29, 0.717) is 12.6 Å². The third-order valence-electron chi connectivity index (χ3n) is 3.54. The molecule has 0 atom stereocenters. The number of thiazole rings is 1. The Morgan fingerprint density at radius 2 is 2.17 bits per heavy atom. The third kappa shape index (κ3) is 4.54. The molecule has 0 saturated heterocycles. The molecular weight excluding hydrogens is 310 g/mol. The van der Waals surface area contributed by atoms with Crippen molar-refractivity contribution in [1.82, 2.24) is 20.1 Å². The first kappa shape index (κ1) is 16.0. The van der Waals surface area contributed by atoms with E-state index in [-0.39, 0.29) is 17.9 Å². The zero-order valence-corrected chi connectivity index (χ0v) is 14.6. The molecule has 0 aliphatic heterocycles. The van der Waals surface area contributed by atoms with Crippen LogP contribution in [0.3, 0.4) is 0 Å². The number of aromatic nitrogens is 3. The lowest BCUT2D eigenvalue weighted by molar-refractivity contribution is -0.122. The van der Waals surface area contributed by atoms with Crippen LogP contribution in [0.1, 0.15) is 43.5 Å². The first-order chi connectivity index (χ1) is 10.9. The molecule has 1 fully saturated rings. The van der Waals surface area contributed by atoms with Gasteiger partial charge in [-0.25, -0.2) is 4.98 Å². The van der Waals surface area contributed by atoms with Gasteiger partial charge in [-0.1, -0.05) is 20.8 Å². The Morgan fingerprint density at radius 3 is 2.83 bits per heavy atom. The molecule has 0 radical (unpaired) electrons. The first-order valence-electron chi connectivity index (χ1n) is 7.91. The van der Waals surface area contributed by atoms with Crippen molar-refractivity contribution in [3.8, 4) is 0 Å². The van der Waals surface area contributed by atoms with Gasteiger partial charge in [-0.05, 0) is 12.8 Å². The molecule has 2 N–H and O–H groups in total. The van der Waals surface area contributed by atoms with Gasteiger partial charge in [0.25, 0.3) is 0 Å². The number of carbonyl (C=O) groups excluding carboxylic acids is 1. The Bertz CT molecular complexity index is 681. The van der Waals surface area contributed by atoms with Crippen LogP contribution in [0.4, 0.5) is 5.69 Å². The van der Waals surface area contributed by atoms with Crippen LogP contribution in [0.5, 0.6) is 0 Å². The Balaban J connectivity index is 1.50. The summed E-state index contributed by atoms with van der Waals surface area (Å²) in [5.74, 6) is 0.0272. The summed E-state index contributed by atoms with van der Waals surface area (Å²) in [6.07, 6.45) is 7.73. The van der Waals surface area contributed by atoms with Gasteiger partial charge in [0.2, 0.25) is 5.91 Å². The number of anilines is 1. The molecule has 124 valence electrons. The van der Waals surface area contributed by atoms with E-state index in [1.807, 2.05) is 12.4 Å². The van der Waals surface area contributed by atoms with Gasteiger partial charge >= 0.3 is 0 Å². The lowest BCUT2D eigenvalue weighted by atomic mass is 9.98. The minimum Gasteiger partial charge on any atom is -0.378 e. The average molecular weight is 333 g/mol. The molecule has 1 aliphatic rings. The lowest BCUT2D eigenvalue weighted by Gasteiger charge is -2.13. The van der Waals surface area contributed by atoms with Crippen LogP contribution in [-0.2, 0) is 23.3 Å². The molecule has 2 aromatic rings. The fraction of sp³-hybridized carbons (Fsp3) is 0.562. The van der Waals surface area contributed by atoms with Crippen molar-refractivity contribution < 1.29 is 4.79 Å². The van der Waals surface area contributed by atoms with Crippen molar-refractivity contribution in [3.63, 3.8) is 0 Å². The molecule has 0 unspecified atom stereocenters. The molecule has 2 heterocycles. The normalized spacial score (nSPS) is 14.7. The number of nitrogens with zero attached hydrogens (tertiary/aromatic N) is 3. The molecule has 1 aliphatic carbocycles. The Kier molecular flexibility index (Phi) is 4.39. The SMILES string of the molecule is CC(C)(C)c1ncc(CNc2cnn(CC(=O)NC3CC3)c2)s1. The lowest BCUT2D eigenvalue weighted by Crippen LogP contribution is -2.29. The topological polar surface area (TPSA) is 71.8 Å². The highest BCUT2D eigenvalue weighted by molar-refractivity contribution is 7.11. The average Bonchev–Trinajstić information content (AvgIpc) is 2.98. The maximum atomic E-state index is 11.7. The summed E-state index contributed by atoms with van der Waals surface area (Å²) in [6, 6.07) is 0.388. The predicted molar refractivity (Wildman–Crippen MR) is 91.5 cm³/mol. The third-order valence-corrected chi connectivity index (χ3v) is 4.97. The van der Waals surface area contributed by atoms with Gasteiger partial charge in [-0.3, -0.25) is 9.48 Å². The highest BCUT2D eigenvalue weighted by atomic mass is 32.1. The second kappa shape index (κ2) is 6.31. The van der Waals surface area contributed by atoms with E-state index in [9.17, 15) is 4.79 Å². The second-order valence-corrected chi connectivity index (χ2v) is 8.12. The van der Waals surface area contributed by atoms with Crippen molar-refractivity contribution in [1.29, 1.82) is 0 Å². The highest BCUT2D eigenvalue weighted by Crippen LogP contribution is 2.27. The number of nitrogens with one attached hydrogen (secondary N) is 2. The van der Waals surface area contributed by atoms with Crippen molar-refractivity contribution in [3.05, 3.63) is 28.5 Å². The van der Waals surface area contributed by atoms with Crippen LogP contribution in [0.25, 0.3) is 0 Å². The van der Waals surface area contributed by atoms with Crippen molar-refractivity contribution >= 4 is 22.9 Å². The molecule has 1 amide bonds. The van der Waals surface area contributed by atoms with E-state index in [1.54, 1.807) is 22.2 Å². The second-order valence-electron chi connectivity index (χ2n) is 7.00. The minimum atomic E-state index is 0.0272. The maximum absolute atomic E-state index is 11.7. The molecular formula is C16H23N5OS. The van der Waals surface area contributed by atoms with Crippen LogP contribution >= 0.6 is 11.3 Å². The number of hydrogen-bond acceptors (Lipinski definition) is 5. The van der Waals surface area contributed by atoms with Crippen LogP contribution in [0, 0.1) is 0 Å². The quantitative estimate of drug-likeness (QED) is 0.852. The zero-order chi connectivity index (χ0) is 16.4. The Labute approximate surface area is 140 Å². The van der Waals surface area contributed by atoms with E-state index in [4.69, 9.17) is 0 Å². The molecule has 0 aromatic carbocycles. The molecule has 23 heavy (non-hydrogen) atoms. The highest BCUT2D eigenvalue weighted by Gasteiger charge is 2.23. The summed E-state index contributed by atoms with van der Waals surface area (Å²) in [6.45, 7) is 7.49. The van der Waals surface area contributed by atoms with Crippen molar-refractivity contribution in [2.75, 3.05) is 5.32 Å². The maximum Gasteiger partial charge on any atom is 0.241 e. The minimum absolute atomic E-state index is 0.0272. The molecule has 3 rings (SSSR count). The largest absolute Gasteiger partial charge is 0.378 e. The van der Waals surface area contributed by atoms with Crippen LogP contribution in [-0.4, -0.2) is 26.7 Å². The van der Waals surface area contributed by atoms with Crippen LogP contribution in [0.15, 0.2) is 18.6 Å². The molecule has 1 saturated carbocycles. The molecule has 0 spiro atoms. The molecule has 2 aromatic heterocycles. The van der Waals surface area contributed by atoms with Crippen molar-refractivity contribution in [2.45, 2.75) is 58.2 Å².